The number of anilines is 1. The Bertz CT molecular complexity index is 376. The maximum atomic E-state index is 5.20. The van der Waals surface area contributed by atoms with Crippen LogP contribution in [0.4, 0.5) is 5.69 Å². The van der Waals surface area contributed by atoms with Crippen LogP contribution in [0, 0.1) is 0 Å². The Morgan fingerprint density at radius 1 is 1.50 bits per heavy atom. The van der Waals surface area contributed by atoms with Crippen molar-refractivity contribution in [2.24, 2.45) is 0 Å². The second kappa shape index (κ2) is 3.58. The third-order valence-corrected chi connectivity index (χ3v) is 3.32. The number of hydrogen-bond acceptors (Lipinski definition) is 3. The molecule has 74 valence electrons. The fourth-order valence-electron chi connectivity index (χ4n) is 1.58. The van der Waals surface area contributed by atoms with Gasteiger partial charge in [0.1, 0.15) is 5.75 Å². The first-order chi connectivity index (χ1) is 6.76. The highest BCUT2D eigenvalue weighted by atomic mass is 32.2. The number of rotatable bonds is 2. The Hall–Kier alpha value is -1.09. The van der Waals surface area contributed by atoms with Crippen LogP contribution in [0.25, 0.3) is 0 Å². The van der Waals surface area contributed by atoms with Crippen LogP contribution in [-0.4, -0.2) is 13.7 Å². The molecule has 0 fully saturated rings. The van der Waals surface area contributed by atoms with E-state index in [1.54, 1.807) is 18.9 Å². The predicted molar refractivity (Wildman–Crippen MR) is 61.0 cm³/mol. The van der Waals surface area contributed by atoms with Crippen molar-refractivity contribution in [1.82, 2.24) is 0 Å². The third-order valence-electron chi connectivity index (χ3n) is 2.30. The monoisotopic (exact) mass is 207 g/mol. The molecule has 1 aromatic rings. The molecule has 1 aliphatic heterocycles. The average Bonchev–Trinajstić information content (AvgIpc) is 2.52. The van der Waals surface area contributed by atoms with Crippen LogP contribution in [0.3, 0.4) is 0 Å². The summed E-state index contributed by atoms with van der Waals surface area (Å²) in [4.78, 5) is 3.46. The number of methoxy groups -OCH3 is 1. The molecule has 0 N–H and O–H groups in total. The number of ether oxygens (including phenoxy) is 1. The van der Waals surface area contributed by atoms with E-state index >= 15 is 0 Å². The van der Waals surface area contributed by atoms with E-state index in [4.69, 9.17) is 4.74 Å². The summed E-state index contributed by atoms with van der Waals surface area (Å²) in [5.74, 6) is 0.900. The Kier molecular flexibility index (Phi) is 2.42. The van der Waals surface area contributed by atoms with Crippen LogP contribution >= 0.6 is 11.8 Å². The molecule has 0 spiro atoms. The molecule has 0 aromatic heterocycles. The minimum atomic E-state index is 0.900. The van der Waals surface area contributed by atoms with Crippen molar-refractivity contribution in [1.29, 1.82) is 0 Å². The topological polar surface area (TPSA) is 12.5 Å². The van der Waals surface area contributed by atoms with Crippen molar-refractivity contribution < 1.29 is 4.74 Å². The summed E-state index contributed by atoms with van der Waals surface area (Å²) in [6.07, 6.45) is 0. The first-order valence-corrected chi connectivity index (χ1v) is 5.40. The lowest BCUT2D eigenvalue weighted by atomic mass is 10.3. The number of benzene rings is 1. The van der Waals surface area contributed by atoms with Crippen LogP contribution < -0.4 is 9.64 Å². The van der Waals surface area contributed by atoms with Gasteiger partial charge in [0.2, 0.25) is 0 Å². The maximum absolute atomic E-state index is 5.20. The van der Waals surface area contributed by atoms with Gasteiger partial charge in [0, 0.05) is 17.5 Å². The fraction of sp³-hybridized carbons (Fsp3) is 0.273. The Morgan fingerprint density at radius 3 is 2.93 bits per heavy atom. The zero-order chi connectivity index (χ0) is 10.1. The van der Waals surface area contributed by atoms with E-state index in [1.807, 2.05) is 6.07 Å². The van der Waals surface area contributed by atoms with Crippen molar-refractivity contribution in [2.75, 3.05) is 18.6 Å². The second-order valence-corrected chi connectivity index (χ2v) is 4.19. The minimum absolute atomic E-state index is 0.900. The van der Waals surface area contributed by atoms with E-state index in [9.17, 15) is 0 Å². The summed E-state index contributed by atoms with van der Waals surface area (Å²) < 4.78 is 5.20. The van der Waals surface area contributed by atoms with Crippen molar-refractivity contribution in [3.63, 3.8) is 0 Å². The van der Waals surface area contributed by atoms with Crippen LogP contribution in [0.2, 0.25) is 0 Å². The van der Waals surface area contributed by atoms with Crippen LogP contribution in [0.5, 0.6) is 5.75 Å². The van der Waals surface area contributed by atoms with Gasteiger partial charge in [-0.25, -0.2) is 0 Å². The second-order valence-electron chi connectivity index (χ2n) is 3.07. The van der Waals surface area contributed by atoms with Gasteiger partial charge in [-0.05, 0) is 19.1 Å². The van der Waals surface area contributed by atoms with Gasteiger partial charge in [-0.3, -0.25) is 0 Å². The Morgan fingerprint density at radius 2 is 2.29 bits per heavy atom. The van der Waals surface area contributed by atoms with Crippen molar-refractivity contribution in [3.05, 3.63) is 29.8 Å². The summed E-state index contributed by atoms with van der Waals surface area (Å²) in [6, 6.07) is 6.13. The van der Waals surface area contributed by atoms with Crippen molar-refractivity contribution in [3.8, 4) is 5.75 Å². The first-order valence-electron chi connectivity index (χ1n) is 4.58. The van der Waals surface area contributed by atoms with E-state index in [-0.39, 0.29) is 0 Å². The highest BCUT2D eigenvalue weighted by Crippen LogP contribution is 2.46. The molecule has 0 saturated heterocycles. The normalized spacial score (nSPS) is 14.4. The predicted octanol–water partition coefficient (Wildman–Crippen LogP) is 3.10. The van der Waals surface area contributed by atoms with Gasteiger partial charge in [-0.15, -0.1) is 0 Å². The molecule has 0 amide bonds. The number of hydrogen-bond donors (Lipinski definition) is 0. The van der Waals surface area contributed by atoms with E-state index in [0.717, 1.165) is 17.3 Å². The molecule has 0 bridgehead atoms. The van der Waals surface area contributed by atoms with E-state index in [1.165, 1.54) is 10.6 Å². The molecule has 1 aliphatic rings. The summed E-state index contributed by atoms with van der Waals surface area (Å²) >= 11 is 1.72. The van der Waals surface area contributed by atoms with Crippen LogP contribution in [0.15, 0.2) is 34.7 Å². The molecule has 0 radical (unpaired) electrons. The van der Waals surface area contributed by atoms with Gasteiger partial charge >= 0.3 is 0 Å². The molecule has 2 rings (SSSR count). The maximum Gasteiger partial charge on any atom is 0.121 e. The summed E-state index contributed by atoms with van der Waals surface area (Å²) in [6.45, 7) is 7.10. The summed E-state index contributed by atoms with van der Waals surface area (Å²) in [7, 11) is 1.69. The zero-order valence-electron chi connectivity index (χ0n) is 8.41. The van der Waals surface area contributed by atoms with E-state index in [0.29, 0.717) is 0 Å². The minimum Gasteiger partial charge on any atom is -0.497 e. The molecule has 2 nitrogen and oxygen atoms in total. The van der Waals surface area contributed by atoms with Crippen LogP contribution in [0.1, 0.15) is 6.92 Å². The van der Waals surface area contributed by atoms with Gasteiger partial charge in [-0.2, -0.15) is 0 Å². The van der Waals surface area contributed by atoms with E-state index in [2.05, 4.69) is 30.5 Å². The molecule has 0 saturated carbocycles. The lowest BCUT2D eigenvalue weighted by Crippen LogP contribution is -2.15. The van der Waals surface area contributed by atoms with Gasteiger partial charge in [-0.1, -0.05) is 18.3 Å². The lowest BCUT2D eigenvalue weighted by molar-refractivity contribution is 0.414. The van der Waals surface area contributed by atoms with Crippen LogP contribution in [-0.2, 0) is 0 Å². The highest BCUT2D eigenvalue weighted by molar-refractivity contribution is 8.03. The van der Waals surface area contributed by atoms with Gasteiger partial charge < -0.3 is 9.64 Å². The quantitative estimate of drug-likeness (QED) is 0.739. The molecule has 0 unspecified atom stereocenters. The molecular weight excluding hydrogens is 194 g/mol. The third kappa shape index (κ3) is 1.38. The number of fused-ring (bicyclic) bond motifs is 1. The van der Waals surface area contributed by atoms with Crippen molar-refractivity contribution >= 4 is 17.4 Å². The number of thioether (sulfide) groups is 1. The standard InChI is InChI=1S/C11H13NOS/c1-4-12-8(2)14-11-6-5-9(13-3)7-10(11)12/h5-7H,2,4H2,1,3H3. The molecule has 0 atom stereocenters. The number of nitrogens with zero attached hydrogens (tertiary/aromatic N) is 1. The Balaban J connectivity index is 2.44. The zero-order valence-corrected chi connectivity index (χ0v) is 9.23. The molecule has 3 heteroatoms. The largest absolute Gasteiger partial charge is 0.497 e. The molecule has 0 aliphatic carbocycles. The SMILES string of the molecule is C=C1Sc2ccc(OC)cc2N1CC. The highest BCUT2D eigenvalue weighted by Gasteiger charge is 2.22. The van der Waals surface area contributed by atoms with E-state index < -0.39 is 0 Å². The lowest BCUT2D eigenvalue weighted by Gasteiger charge is -2.17. The van der Waals surface area contributed by atoms with Gasteiger partial charge in [0.15, 0.2) is 0 Å². The summed E-state index contributed by atoms with van der Waals surface area (Å²) in [5.41, 5.74) is 1.21. The molecule has 1 heterocycles. The smallest absolute Gasteiger partial charge is 0.121 e. The molecule has 1 aromatic carbocycles. The fourth-order valence-corrected chi connectivity index (χ4v) is 2.59. The van der Waals surface area contributed by atoms with Gasteiger partial charge in [0.25, 0.3) is 0 Å². The van der Waals surface area contributed by atoms with Crippen molar-refractivity contribution in [2.45, 2.75) is 11.8 Å². The van der Waals surface area contributed by atoms with Gasteiger partial charge in [0.05, 0.1) is 17.8 Å². The summed E-state index contributed by atoms with van der Waals surface area (Å²) in [5, 5.41) is 1.09. The Labute approximate surface area is 88.6 Å². The molecular formula is C11H13NOS. The first kappa shape index (κ1) is 9.46. The molecule has 14 heavy (non-hydrogen) atoms. The average molecular weight is 207 g/mol.